The zero-order valence-corrected chi connectivity index (χ0v) is 9.95. The zero-order chi connectivity index (χ0) is 14.0. The highest BCUT2D eigenvalue weighted by Gasteiger charge is 2.19. The molecule has 6 heteroatoms. The minimum atomic E-state index is -0.650. The summed E-state index contributed by atoms with van der Waals surface area (Å²) in [5, 5.41) is 10.5. The van der Waals surface area contributed by atoms with Gasteiger partial charge < -0.3 is 4.74 Å². The highest BCUT2D eigenvalue weighted by Crippen LogP contribution is 2.23. The number of nitro groups is 1. The van der Waals surface area contributed by atoms with Gasteiger partial charge in [0.05, 0.1) is 4.92 Å². The Morgan fingerprint density at radius 3 is 2.21 bits per heavy atom. The van der Waals surface area contributed by atoms with Crippen LogP contribution in [0.4, 0.5) is 5.69 Å². The van der Waals surface area contributed by atoms with Crippen LogP contribution in [0.15, 0.2) is 47.7 Å². The number of non-ortho nitro benzene ring substituents is 1. The summed E-state index contributed by atoms with van der Waals surface area (Å²) in [6.07, 6.45) is 2.31. The minimum absolute atomic E-state index is 0.0523. The van der Waals surface area contributed by atoms with Crippen molar-refractivity contribution in [1.82, 2.24) is 0 Å². The van der Waals surface area contributed by atoms with E-state index in [4.69, 9.17) is 4.74 Å². The average Bonchev–Trinajstić information content (AvgIpc) is 2.36. The van der Waals surface area contributed by atoms with E-state index in [2.05, 4.69) is 0 Å². The Hall–Kier alpha value is -2.76. The lowest BCUT2D eigenvalue weighted by Crippen LogP contribution is -2.16. The summed E-state index contributed by atoms with van der Waals surface area (Å²) in [5.74, 6) is -0.624. The second-order valence-corrected chi connectivity index (χ2v) is 3.92. The van der Waals surface area contributed by atoms with Crippen LogP contribution >= 0.6 is 0 Å². The van der Waals surface area contributed by atoms with Crippen LogP contribution in [0.2, 0.25) is 0 Å². The number of hydrogen-bond acceptors (Lipinski definition) is 5. The fourth-order valence-corrected chi connectivity index (χ4v) is 1.52. The van der Waals surface area contributed by atoms with Crippen molar-refractivity contribution in [2.45, 2.75) is 6.92 Å². The minimum Gasteiger partial charge on any atom is -0.457 e. The summed E-state index contributed by atoms with van der Waals surface area (Å²) in [5.41, 5.74) is 0.478. The number of carbonyl (C=O) groups excluding carboxylic acids is 2. The molecular weight excluding hydrogens is 250 g/mol. The number of benzene rings is 1. The van der Waals surface area contributed by atoms with Crippen molar-refractivity contribution >= 4 is 17.3 Å². The maximum atomic E-state index is 11.2. The monoisotopic (exact) mass is 259 g/mol. The summed E-state index contributed by atoms with van der Waals surface area (Å²) in [4.78, 5) is 32.3. The summed E-state index contributed by atoms with van der Waals surface area (Å²) in [6, 6.07) is 5.44. The van der Waals surface area contributed by atoms with Gasteiger partial charge in [-0.25, -0.2) is 0 Å². The lowest BCUT2D eigenvalue weighted by atomic mass is 10.0. The van der Waals surface area contributed by atoms with Crippen molar-refractivity contribution in [2.24, 2.45) is 0 Å². The van der Waals surface area contributed by atoms with Gasteiger partial charge in [-0.05, 0) is 30.7 Å². The Morgan fingerprint density at radius 1 is 1.05 bits per heavy atom. The van der Waals surface area contributed by atoms with E-state index in [9.17, 15) is 19.7 Å². The molecule has 1 aliphatic rings. The lowest BCUT2D eigenvalue weighted by molar-refractivity contribution is -0.384. The summed E-state index contributed by atoms with van der Waals surface area (Å²) < 4.78 is 5.42. The highest BCUT2D eigenvalue weighted by molar-refractivity contribution is 6.46. The van der Waals surface area contributed by atoms with Crippen molar-refractivity contribution in [1.29, 1.82) is 0 Å². The fraction of sp³-hybridized carbons (Fsp3) is 0.0769. The summed E-state index contributed by atoms with van der Waals surface area (Å²) in [7, 11) is 0. The standard InChI is InChI=1S/C13H9NO5/c1-8-6-11(15)12(16)7-13(8)19-10-4-2-9(3-5-10)14(17)18/h2-7H,1H3. The molecule has 0 bridgehead atoms. The van der Waals surface area contributed by atoms with Crippen molar-refractivity contribution in [3.05, 3.63) is 57.9 Å². The molecule has 0 unspecified atom stereocenters. The molecule has 96 valence electrons. The molecule has 1 aromatic rings. The molecule has 0 radical (unpaired) electrons. The van der Waals surface area contributed by atoms with Gasteiger partial charge in [0.25, 0.3) is 5.69 Å². The molecule has 19 heavy (non-hydrogen) atoms. The molecule has 0 fully saturated rings. The first kappa shape index (κ1) is 12.7. The molecular formula is C13H9NO5. The third kappa shape index (κ3) is 2.74. The van der Waals surface area contributed by atoms with E-state index in [0.717, 1.165) is 6.08 Å². The molecule has 0 atom stereocenters. The molecule has 0 amide bonds. The van der Waals surface area contributed by atoms with Gasteiger partial charge in [-0.3, -0.25) is 19.7 Å². The van der Waals surface area contributed by atoms with Gasteiger partial charge in [-0.1, -0.05) is 0 Å². The first-order valence-corrected chi connectivity index (χ1v) is 5.38. The third-order valence-corrected chi connectivity index (χ3v) is 2.52. The van der Waals surface area contributed by atoms with Gasteiger partial charge in [0.1, 0.15) is 11.5 Å². The Kier molecular flexibility index (Phi) is 3.24. The second kappa shape index (κ2) is 4.85. The number of nitrogens with zero attached hydrogens (tertiary/aromatic N) is 1. The number of allylic oxidation sites excluding steroid dienone is 3. The summed E-state index contributed by atoms with van der Waals surface area (Å²) >= 11 is 0. The van der Waals surface area contributed by atoms with Crippen molar-refractivity contribution in [3.63, 3.8) is 0 Å². The van der Waals surface area contributed by atoms with Gasteiger partial charge in [-0.15, -0.1) is 0 Å². The van der Waals surface area contributed by atoms with Gasteiger partial charge in [-0.2, -0.15) is 0 Å². The van der Waals surface area contributed by atoms with E-state index in [0.29, 0.717) is 11.3 Å². The second-order valence-electron chi connectivity index (χ2n) is 3.92. The Bertz CT molecular complexity index is 625. The maximum absolute atomic E-state index is 11.2. The van der Waals surface area contributed by atoms with Crippen LogP contribution in [0.1, 0.15) is 6.92 Å². The molecule has 0 aliphatic heterocycles. The highest BCUT2D eigenvalue weighted by atomic mass is 16.6. The third-order valence-electron chi connectivity index (χ3n) is 2.52. The predicted octanol–water partition coefficient (Wildman–Crippen LogP) is 1.96. The van der Waals surface area contributed by atoms with E-state index in [1.807, 2.05) is 0 Å². The van der Waals surface area contributed by atoms with Crippen LogP contribution in [-0.2, 0) is 9.59 Å². The zero-order valence-electron chi connectivity index (χ0n) is 9.95. The number of carbonyl (C=O) groups is 2. The maximum Gasteiger partial charge on any atom is 0.269 e. The molecule has 0 saturated carbocycles. The van der Waals surface area contributed by atoms with Crippen LogP contribution in [-0.4, -0.2) is 16.5 Å². The van der Waals surface area contributed by atoms with Crippen molar-refractivity contribution in [3.8, 4) is 5.75 Å². The van der Waals surface area contributed by atoms with E-state index in [-0.39, 0.29) is 11.4 Å². The molecule has 0 saturated heterocycles. The first-order valence-electron chi connectivity index (χ1n) is 5.38. The predicted molar refractivity (Wildman–Crippen MR) is 65.6 cm³/mol. The van der Waals surface area contributed by atoms with Crippen LogP contribution in [0.3, 0.4) is 0 Å². The lowest BCUT2D eigenvalue weighted by Gasteiger charge is -2.12. The molecule has 0 spiro atoms. The van der Waals surface area contributed by atoms with E-state index in [1.54, 1.807) is 6.92 Å². The molecule has 1 aromatic carbocycles. The largest absolute Gasteiger partial charge is 0.457 e. The Morgan fingerprint density at radius 2 is 1.63 bits per heavy atom. The van der Waals surface area contributed by atoms with E-state index < -0.39 is 16.5 Å². The van der Waals surface area contributed by atoms with Gasteiger partial charge in [0.15, 0.2) is 0 Å². The summed E-state index contributed by atoms with van der Waals surface area (Å²) in [6.45, 7) is 1.64. The molecule has 0 N–H and O–H groups in total. The number of nitro benzene ring substituents is 1. The number of ether oxygens (including phenoxy) is 1. The number of rotatable bonds is 3. The average molecular weight is 259 g/mol. The number of ketones is 2. The Balaban J connectivity index is 2.20. The van der Waals surface area contributed by atoms with Crippen LogP contribution in [0.5, 0.6) is 5.75 Å². The molecule has 0 aromatic heterocycles. The molecule has 1 aliphatic carbocycles. The van der Waals surface area contributed by atoms with Crippen LogP contribution in [0.25, 0.3) is 0 Å². The van der Waals surface area contributed by atoms with E-state index in [1.165, 1.54) is 30.3 Å². The van der Waals surface area contributed by atoms with Crippen molar-refractivity contribution in [2.75, 3.05) is 0 Å². The van der Waals surface area contributed by atoms with Gasteiger partial charge in [0, 0.05) is 18.2 Å². The molecule has 6 nitrogen and oxygen atoms in total. The number of hydrogen-bond donors (Lipinski definition) is 0. The topological polar surface area (TPSA) is 86.5 Å². The van der Waals surface area contributed by atoms with Gasteiger partial charge in [0.2, 0.25) is 11.6 Å². The van der Waals surface area contributed by atoms with E-state index >= 15 is 0 Å². The first-order chi connectivity index (χ1) is 8.97. The van der Waals surface area contributed by atoms with Gasteiger partial charge >= 0.3 is 0 Å². The fourth-order valence-electron chi connectivity index (χ4n) is 1.52. The van der Waals surface area contributed by atoms with Crippen LogP contribution < -0.4 is 4.74 Å². The molecule has 2 rings (SSSR count). The quantitative estimate of drug-likeness (QED) is 0.358. The SMILES string of the molecule is CC1=CC(=O)C(=O)C=C1Oc1ccc([N+](=O)[O-])cc1. The smallest absolute Gasteiger partial charge is 0.269 e. The van der Waals surface area contributed by atoms with Crippen molar-refractivity contribution < 1.29 is 19.2 Å². The Labute approximate surface area is 108 Å². The van der Waals surface area contributed by atoms with Crippen LogP contribution in [0, 0.1) is 10.1 Å². The molecule has 0 heterocycles. The normalized spacial score (nSPS) is 14.8.